The summed E-state index contributed by atoms with van der Waals surface area (Å²) < 4.78 is 4.48. The zero-order valence-corrected chi connectivity index (χ0v) is 6.44. The van der Waals surface area contributed by atoms with E-state index in [1.54, 1.807) is 0 Å². The summed E-state index contributed by atoms with van der Waals surface area (Å²) in [6, 6.07) is -0.0362. The number of ether oxygens (including phenoxy) is 1. The van der Waals surface area contributed by atoms with Crippen molar-refractivity contribution in [2.75, 3.05) is 6.07 Å². The summed E-state index contributed by atoms with van der Waals surface area (Å²) in [6.07, 6.45) is 0.451. The van der Waals surface area contributed by atoms with Crippen molar-refractivity contribution in [3.63, 3.8) is 0 Å². The van der Waals surface area contributed by atoms with E-state index in [4.69, 9.17) is 11.6 Å². The highest BCUT2D eigenvalue weighted by molar-refractivity contribution is 6.17. The van der Waals surface area contributed by atoms with Gasteiger partial charge in [-0.2, -0.15) is 0 Å². The number of alkyl halides is 1. The fraction of sp³-hybridized carbons (Fsp3) is 0.833. The minimum Gasteiger partial charge on any atom is -0.449 e. The number of hydrogen-bond acceptors (Lipinski definition) is 2. The lowest BCUT2D eigenvalue weighted by atomic mass is 10.1. The molecule has 0 aliphatic rings. The zero-order chi connectivity index (χ0) is 7.28. The summed E-state index contributed by atoms with van der Waals surface area (Å²) in [4.78, 5) is 10.5. The molecular formula is C6H11ClO2. The average molecular weight is 151 g/mol. The largest absolute Gasteiger partial charge is 0.449 e. The molecule has 0 radical (unpaired) electrons. The van der Waals surface area contributed by atoms with Gasteiger partial charge in [-0.3, -0.25) is 4.79 Å². The van der Waals surface area contributed by atoms with Crippen LogP contribution in [0.5, 0.6) is 0 Å². The monoisotopic (exact) mass is 150 g/mol. The van der Waals surface area contributed by atoms with E-state index in [-0.39, 0.29) is 12.0 Å². The van der Waals surface area contributed by atoms with Crippen LogP contribution in [-0.4, -0.2) is 12.0 Å². The van der Waals surface area contributed by atoms with Gasteiger partial charge in [0.15, 0.2) is 6.07 Å². The molecular weight excluding hydrogens is 140 g/mol. The maximum atomic E-state index is 10.5. The van der Waals surface area contributed by atoms with Crippen LogP contribution < -0.4 is 0 Å². The van der Waals surface area contributed by atoms with E-state index < -0.39 is 0 Å². The van der Waals surface area contributed by atoms with E-state index in [0.29, 0.717) is 12.3 Å². The molecule has 0 aromatic heterocycles. The molecule has 3 heteroatoms. The minimum atomic E-state index is -0.222. The van der Waals surface area contributed by atoms with Crippen LogP contribution in [0.25, 0.3) is 0 Å². The highest BCUT2D eigenvalue weighted by Gasteiger charge is 2.03. The van der Waals surface area contributed by atoms with Gasteiger partial charge in [0.2, 0.25) is 0 Å². The number of halogens is 1. The molecule has 54 valence electrons. The van der Waals surface area contributed by atoms with Gasteiger partial charge in [0.25, 0.3) is 0 Å². The first kappa shape index (κ1) is 8.76. The number of carbonyl (C=O) groups is 1. The van der Waals surface area contributed by atoms with E-state index in [1.165, 1.54) is 0 Å². The molecule has 9 heavy (non-hydrogen) atoms. The Bertz CT molecular complexity index is 91.1. The Morgan fingerprint density at radius 2 is 2.22 bits per heavy atom. The summed E-state index contributed by atoms with van der Waals surface area (Å²) >= 11 is 5.14. The molecule has 0 atom stereocenters. The molecule has 0 saturated heterocycles. The predicted octanol–water partition coefficient (Wildman–Crippen LogP) is 1.77. The van der Waals surface area contributed by atoms with E-state index in [9.17, 15) is 4.79 Å². The Hall–Kier alpha value is -0.240. The molecule has 0 aromatic rings. The highest BCUT2D eigenvalue weighted by Crippen LogP contribution is 2.00. The number of carbonyl (C=O) groups excluding carboxylic acids is 1. The van der Waals surface area contributed by atoms with E-state index in [2.05, 4.69) is 4.74 Å². The van der Waals surface area contributed by atoms with Gasteiger partial charge in [-0.15, -0.1) is 0 Å². The van der Waals surface area contributed by atoms with Crippen molar-refractivity contribution in [2.24, 2.45) is 5.92 Å². The van der Waals surface area contributed by atoms with Gasteiger partial charge in [0.05, 0.1) is 0 Å². The summed E-state index contributed by atoms with van der Waals surface area (Å²) in [5.74, 6) is 0.126. The molecule has 0 aliphatic heterocycles. The lowest BCUT2D eigenvalue weighted by Gasteiger charge is -2.01. The summed E-state index contributed by atoms with van der Waals surface area (Å²) in [5, 5.41) is 0. The summed E-state index contributed by atoms with van der Waals surface area (Å²) in [7, 11) is 0. The molecule has 0 amide bonds. The second-order valence-electron chi connectivity index (χ2n) is 2.22. The van der Waals surface area contributed by atoms with Gasteiger partial charge in [-0.1, -0.05) is 25.4 Å². The van der Waals surface area contributed by atoms with Crippen molar-refractivity contribution in [1.29, 1.82) is 0 Å². The first-order valence-electron chi connectivity index (χ1n) is 2.88. The van der Waals surface area contributed by atoms with E-state index >= 15 is 0 Å². The minimum absolute atomic E-state index is 0.0362. The fourth-order valence-corrected chi connectivity index (χ4v) is 0.575. The Labute approximate surface area is 60.1 Å². The van der Waals surface area contributed by atoms with Gasteiger partial charge in [0.1, 0.15) is 0 Å². The van der Waals surface area contributed by atoms with Crippen molar-refractivity contribution in [1.82, 2.24) is 0 Å². The fourth-order valence-electron chi connectivity index (χ4n) is 0.453. The average Bonchev–Trinajstić information content (AvgIpc) is 1.63. The van der Waals surface area contributed by atoms with Crippen LogP contribution in [0.15, 0.2) is 0 Å². The molecule has 0 fully saturated rings. The molecule has 0 aromatic carbocycles. The lowest BCUT2D eigenvalue weighted by Crippen LogP contribution is -2.05. The number of hydrogen-bond donors (Lipinski definition) is 0. The van der Waals surface area contributed by atoms with Crippen LogP contribution in [0.2, 0.25) is 0 Å². The van der Waals surface area contributed by atoms with Crippen molar-refractivity contribution in [3.05, 3.63) is 0 Å². The smallest absolute Gasteiger partial charge is 0.307 e. The Morgan fingerprint density at radius 1 is 1.67 bits per heavy atom. The van der Waals surface area contributed by atoms with E-state index in [1.807, 2.05) is 13.8 Å². The third kappa shape index (κ3) is 5.63. The third-order valence-corrected chi connectivity index (χ3v) is 0.900. The Morgan fingerprint density at radius 3 is 2.56 bits per heavy atom. The van der Waals surface area contributed by atoms with Crippen LogP contribution in [0.1, 0.15) is 20.3 Å². The van der Waals surface area contributed by atoms with Gasteiger partial charge in [-0.05, 0) is 5.92 Å². The van der Waals surface area contributed by atoms with Gasteiger partial charge < -0.3 is 4.74 Å². The van der Waals surface area contributed by atoms with Gasteiger partial charge >= 0.3 is 5.97 Å². The maximum absolute atomic E-state index is 10.5. The SMILES string of the molecule is CC(C)CC(=O)OCCl. The standard InChI is InChI=1S/C6H11ClO2/c1-5(2)3-6(8)9-4-7/h5H,3-4H2,1-2H3. The molecule has 0 saturated carbocycles. The first-order chi connectivity index (χ1) is 4.16. The van der Waals surface area contributed by atoms with Crippen molar-refractivity contribution in [3.8, 4) is 0 Å². The van der Waals surface area contributed by atoms with Crippen LogP contribution in [0, 0.1) is 5.92 Å². The second kappa shape index (κ2) is 4.62. The number of rotatable bonds is 3. The summed E-state index contributed by atoms with van der Waals surface area (Å²) in [6.45, 7) is 3.91. The molecule has 0 spiro atoms. The molecule has 0 rings (SSSR count). The normalized spacial score (nSPS) is 9.78. The van der Waals surface area contributed by atoms with Crippen LogP contribution in [-0.2, 0) is 9.53 Å². The van der Waals surface area contributed by atoms with Crippen molar-refractivity contribution < 1.29 is 9.53 Å². The van der Waals surface area contributed by atoms with Crippen LogP contribution in [0.4, 0.5) is 0 Å². The molecule has 0 heterocycles. The predicted molar refractivity (Wildman–Crippen MR) is 36.3 cm³/mol. The molecule has 0 unspecified atom stereocenters. The summed E-state index contributed by atoms with van der Waals surface area (Å²) in [5.41, 5.74) is 0. The van der Waals surface area contributed by atoms with Gasteiger partial charge in [0, 0.05) is 6.42 Å². The molecule has 0 bridgehead atoms. The topological polar surface area (TPSA) is 26.3 Å². The highest BCUT2D eigenvalue weighted by atomic mass is 35.5. The van der Waals surface area contributed by atoms with E-state index in [0.717, 1.165) is 0 Å². The second-order valence-corrected chi connectivity index (χ2v) is 2.44. The van der Waals surface area contributed by atoms with Crippen molar-refractivity contribution >= 4 is 17.6 Å². The Kier molecular flexibility index (Phi) is 4.50. The first-order valence-corrected chi connectivity index (χ1v) is 3.42. The molecule has 0 aliphatic carbocycles. The molecule has 0 N–H and O–H groups in total. The molecule has 2 nitrogen and oxygen atoms in total. The zero-order valence-electron chi connectivity index (χ0n) is 5.69. The van der Waals surface area contributed by atoms with Crippen molar-refractivity contribution in [2.45, 2.75) is 20.3 Å². The maximum Gasteiger partial charge on any atom is 0.307 e. The quantitative estimate of drug-likeness (QED) is 0.453. The van der Waals surface area contributed by atoms with Crippen LogP contribution >= 0.6 is 11.6 Å². The Balaban J connectivity index is 3.27. The van der Waals surface area contributed by atoms with Gasteiger partial charge in [-0.25, -0.2) is 0 Å². The lowest BCUT2D eigenvalue weighted by molar-refractivity contribution is -0.142. The number of esters is 1. The van der Waals surface area contributed by atoms with Crippen LogP contribution in [0.3, 0.4) is 0 Å². The third-order valence-electron chi connectivity index (χ3n) is 0.790.